The lowest BCUT2D eigenvalue weighted by atomic mass is 9.78. The molecule has 0 radical (unpaired) electrons. The van der Waals surface area contributed by atoms with Crippen LogP contribution >= 0.6 is 0 Å². The summed E-state index contributed by atoms with van der Waals surface area (Å²) in [5, 5.41) is 7.64. The van der Waals surface area contributed by atoms with Crippen LogP contribution in [0.2, 0.25) is 0 Å². The van der Waals surface area contributed by atoms with Crippen molar-refractivity contribution in [3.05, 3.63) is 17.5 Å². The van der Waals surface area contributed by atoms with E-state index < -0.39 is 0 Å². The number of hydrogen-bond donors (Lipinski definition) is 1. The predicted molar refractivity (Wildman–Crippen MR) is 82.7 cm³/mol. The van der Waals surface area contributed by atoms with E-state index in [2.05, 4.69) is 35.3 Å². The molecule has 1 aromatic rings. The molecular formula is C17H29N3. The average molecular weight is 275 g/mol. The Bertz CT molecular complexity index is 423. The number of hydrogen-bond acceptors (Lipinski definition) is 2. The average Bonchev–Trinajstić information content (AvgIpc) is 3.05. The molecule has 0 unspecified atom stereocenters. The van der Waals surface area contributed by atoms with Crippen molar-refractivity contribution in [1.82, 2.24) is 15.1 Å². The molecule has 1 aromatic heterocycles. The standard InChI is InChI=1S/C17H29N3/c1-3-4-11-20(2)13-15-12-18-19-16(15)14-5-7-17(8-6-14)9-10-17/h12,14H,3-11,13H2,1-2H3,(H,18,19). The van der Waals surface area contributed by atoms with Crippen LogP contribution in [0.1, 0.15) is 75.5 Å². The maximum atomic E-state index is 4.33. The van der Waals surface area contributed by atoms with Gasteiger partial charge in [0.15, 0.2) is 0 Å². The second-order valence-corrected chi connectivity index (χ2v) is 7.17. The van der Waals surface area contributed by atoms with E-state index in [0.29, 0.717) is 0 Å². The highest BCUT2D eigenvalue weighted by molar-refractivity contribution is 5.22. The molecule has 2 aliphatic carbocycles. The smallest absolute Gasteiger partial charge is 0.0535 e. The minimum atomic E-state index is 0.735. The maximum absolute atomic E-state index is 4.33. The van der Waals surface area contributed by atoms with E-state index in [9.17, 15) is 0 Å². The number of nitrogens with zero attached hydrogens (tertiary/aromatic N) is 2. The molecule has 0 saturated heterocycles. The first-order valence-corrected chi connectivity index (χ1v) is 8.43. The lowest BCUT2D eigenvalue weighted by Gasteiger charge is -2.28. The van der Waals surface area contributed by atoms with Gasteiger partial charge in [-0.05, 0) is 64.0 Å². The van der Waals surface area contributed by atoms with Gasteiger partial charge in [-0.15, -0.1) is 0 Å². The molecule has 0 amide bonds. The largest absolute Gasteiger partial charge is 0.302 e. The molecule has 3 nitrogen and oxygen atoms in total. The quantitative estimate of drug-likeness (QED) is 0.848. The molecule has 0 bridgehead atoms. The van der Waals surface area contributed by atoms with E-state index in [0.717, 1.165) is 17.9 Å². The topological polar surface area (TPSA) is 31.9 Å². The monoisotopic (exact) mass is 275 g/mol. The van der Waals surface area contributed by atoms with Crippen LogP contribution in [-0.4, -0.2) is 28.7 Å². The minimum Gasteiger partial charge on any atom is -0.302 e. The van der Waals surface area contributed by atoms with Gasteiger partial charge in [0, 0.05) is 23.7 Å². The second kappa shape index (κ2) is 5.88. The molecule has 2 saturated carbocycles. The molecular weight excluding hydrogens is 246 g/mol. The summed E-state index contributed by atoms with van der Waals surface area (Å²) in [7, 11) is 2.23. The Labute approximate surface area is 123 Å². The number of aromatic nitrogens is 2. The number of aromatic amines is 1. The molecule has 1 heterocycles. The van der Waals surface area contributed by atoms with Crippen molar-refractivity contribution in [3.63, 3.8) is 0 Å². The Morgan fingerprint density at radius 3 is 2.70 bits per heavy atom. The zero-order chi connectivity index (χ0) is 14.0. The van der Waals surface area contributed by atoms with Crippen LogP contribution < -0.4 is 0 Å². The van der Waals surface area contributed by atoms with E-state index >= 15 is 0 Å². The molecule has 112 valence electrons. The van der Waals surface area contributed by atoms with E-state index in [1.54, 1.807) is 0 Å². The van der Waals surface area contributed by atoms with Gasteiger partial charge in [0.1, 0.15) is 0 Å². The van der Waals surface area contributed by atoms with Crippen LogP contribution in [0.4, 0.5) is 0 Å². The third-order valence-corrected chi connectivity index (χ3v) is 5.50. The summed E-state index contributed by atoms with van der Waals surface area (Å²) in [5.41, 5.74) is 3.65. The fraction of sp³-hybridized carbons (Fsp3) is 0.824. The van der Waals surface area contributed by atoms with Gasteiger partial charge in [-0.1, -0.05) is 13.3 Å². The number of rotatable bonds is 6. The third kappa shape index (κ3) is 3.08. The van der Waals surface area contributed by atoms with E-state index in [1.165, 1.54) is 69.2 Å². The molecule has 20 heavy (non-hydrogen) atoms. The first-order valence-electron chi connectivity index (χ1n) is 8.43. The summed E-state index contributed by atoms with van der Waals surface area (Å²) in [4.78, 5) is 2.43. The normalized spacial score (nSPS) is 21.8. The highest BCUT2D eigenvalue weighted by Gasteiger charge is 2.45. The molecule has 2 aliphatic rings. The van der Waals surface area contributed by atoms with Crippen molar-refractivity contribution in [2.24, 2.45) is 5.41 Å². The molecule has 2 fully saturated rings. The molecule has 3 heteroatoms. The fourth-order valence-corrected chi connectivity index (χ4v) is 3.79. The molecule has 0 atom stereocenters. The molecule has 3 rings (SSSR count). The van der Waals surface area contributed by atoms with Crippen LogP contribution in [0.15, 0.2) is 6.20 Å². The van der Waals surface area contributed by atoms with E-state index in [-0.39, 0.29) is 0 Å². The van der Waals surface area contributed by atoms with Crippen molar-refractivity contribution in [3.8, 4) is 0 Å². The summed E-state index contributed by atoms with van der Waals surface area (Å²) in [6, 6.07) is 0. The fourth-order valence-electron chi connectivity index (χ4n) is 3.79. The van der Waals surface area contributed by atoms with Gasteiger partial charge < -0.3 is 4.90 Å². The van der Waals surface area contributed by atoms with E-state index in [4.69, 9.17) is 0 Å². The van der Waals surface area contributed by atoms with Gasteiger partial charge >= 0.3 is 0 Å². The van der Waals surface area contributed by atoms with Gasteiger partial charge in [0.2, 0.25) is 0 Å². The summed E-state index contributed by atoms with van der Waals surface area (Å²) in [5.74, 6) is 0.735. The summed E-state index contributed by atoms with van der Waals surface area (Å²) in [6.45, 7) is 4.50. The van der Waals surface area contributed by atoms with Crippen molar-refractivity contribution in [2.45, 2.75) is 70.8 Å². The van der Waals surface area contributed by atoms with Crippen molar-refractivity contribution in [1.29, 1.82) is 0 Å². The Kier molecular flexibility index (Phi) is 4.16. The highest BCUT2D eigenvalue weighted by atomic mass is 15.1. The van der Waals surface area contributed by atoms with Crippen LogP contribution in [-0.2, 0) is 6.54 Å². The van der Waals surface area contributed by atoms with Crippen molar-refractivity contribution >= 4 is 0 Å². The Hall–Kier alpha value is -0.830. The zero-order valence-electron chi connectivity index (χ0n) is 13.1. The first kappa shape index (κ1) is 14.1. The Balaban J connectivity index is 1.58. The van der Waals surface area contributed by atoms with Crippen molar-refractivity contribution in [2.75, 3.05) is 13.6 Å². The molecule has 0 aromatic carbocycles. The van der Waals surface area contributed by atoms with Crippen LogP contribution in [0, 0.1) is 5.41 Å². The van der Waals surface area contributed by atoms with Crippen LogP contribution in [0.5, 0.6) is 0 Å². The third-order valence-electron chi connectivity index (χ3n) is 5.50. The lowest BCUT2D eigenvalue weighted by Crippen LogP contribution is -2.21. The Morgan fingerprint density at radius 2 is 2.05 bits per heavy atom. The minimum absolute atomic E-state index is 0.735. The highest BCUT2D eigenvalue weighted by Crippen LogP contribution is 2.58. The van der Waals surface area contributed by atoms with Crippen LogP contribution in [0.25, 0.3) is 0 Å². The summed E-state index contributed by atoms with van der Waals surface area (Å²) in [6.07, 6.45) is 13.2. The number of nitrogens with one attached hydrogen (secondary N) is 1. The Morgan fingerprint density at radius 1 is 1.30 bits per heavy atom. The molecule has 0 aliphatic heterocycles. The van der Waals surface area contributed by atoms with Gasteiger partial charge in [0.05, 0.1) is 6.20 Å². The first-order chi connectivity index (χ1) is 9.72. The summed E-state index contributed by atoms with van der Waals surface area (Å²) >= 11 is 0. The van der Waals surface area contributed by atoms with Gasteiger partial charge in [0.25, 0.3) is 0 Å². The van der Waals surface area contributed by atoms with Gasteiger partial charge in [-0.3, -0.25) is 5.10 Å². The second-order valence-electron chi connectivity index (χ2n) is 7.17. The SMILES string of the molecule is CCCCN(C)Cc1cn[nH]c1C1CCC2(CC1)CC2. The number of unbranched alkanes of at least 4 members (excludes halogenated alkanes) is 1. The zero-order valence-corrected chi connectivity index (χ0v) is 13.1. The maximum Gasteiger partial charge on any atom is 0.0535 e. The van der Waals surface area contributed by atoms with E-state index in [1.807, 2.05) is 0 Å². The van der Waals surface area contributed by atoms with Crippen LogP contribution in [0.3, 0.4) is 0 Å². The van der Waals surface area contributed by atoms with Crippen molar-refractivity contribution < 1.29 is 0 Å². The molecule has 1 N–H and O–H groups in total. The number of H-pyrrole nitrogens is 1. The van der Waals surface area contributed by atoms with Gasteiger partial charge in [-0.2, -0.15) is 5.10 Å². The predicted octanol–water partition coefficient (Wildman–Crippen LogP) is 4.08. The summed E-state index contributed by atoms with van der Waals surface area (Å²) < 4.78 is 0. The lowest BCUT2D eigenvalue weighted by molar-refractivity contribution is 0.295. The van der Waals surface area contributed by atoms with Gasteiger partial charge in [-0.25, -0.2) is 0 Å². The molecule has 1 spiro atoms.